The zero-order chi connectivity index (χ0) is 18.6. The topological polar surface area (TPSA) is 73.9 Å². The molecule has 2 N–H and O–H groups in total. The molecule has 1 fully saturated rings. The minimum atomic E-state index is 0.181. The molecule has 2 aromatic heterocycles. The van der Waals surface area contributed by atoms with Gasteiger partial charge in [0.15, 0.2) is 5.65 Å². The Balaban J connectivity index is 1.36. The summed E-state index contributed by atoms with van der Waals surface area (Å²) in [6, 6.07) is 12.7. The molecule has 0 saturated carbocycles. The Labute approximate surface area is 159 Å². The monoisotopic (exact) mass is 363 g/mol. The number of carbonyl (C=O) groups excluding carboxylic acids is 1. The molecule has 0 radical (unpaired) electrons. The first-order valence-corrected chi connectivity index (χ1v) is 9.62. The quantitative estimate of drug-likeness (QED) is 0.731. The number of nitrogens with zero attached hydrogens (tertiary/aromatic N) is 3. The van der Waals surface area contributed by atoms with Crippen molar-refractivity contribution in [1.29, 1.82) is 0 Å². The molecule has 0 aliphatic carbocycles. The average Bonchev–Trinajstić information content (AvgIpc) is 3.15. The number of imidazole rings is 1. The number of H-pyrrole nitrogens is 1. The Morgan fingerprint density at radius 3 is 2.89 bits per heavy atom. The zero-order valence-electron chi connectivity index (χ0n) is 15.6. The van der Waals surface area contributed by atoms with Crippen LogP contribution in [-0.2, 0) is 17.6 Å². The van der Waals surface area contributed by atoms with Crippen molar-refractivity contribution in [2.45, 2.75) is 32.2 Å². The molecule has 6 heteroatoms. The standard InChI is InChI=1S/C21H25N5O/c1-2-15-5-7-16(8-6-15)18-14-26(13-12-22-18)20(27)10-9-19-24-17-4-3-11-23-21(17)25-19/h3-8,11,18,22H,2,9-10,12-14H2,1H3,(H,23,24,25). The summed E-state index contributed by atoms with van der Waals surface area (Å²) in [6.45, 7) is 4.45. The molecule has 3 heterocycles. The van der Waals surface area contributed by atoms with Crippen molar-refractivity contribution >= 4 is 17.1 Å². The van der Waals surface area contributed by atoms with E-state index in [1.807, 2.05) is 17.0 Å². The fourth-order valence-electron chi connectivity index (χ4n) is 3.58. The van der Waals surface area contributed by atoms with E-state index in [0.29, 0.717) is 25.0 Å². The lowest BCUT2D eigenvalue weighted by atomic mass is 10.0. The first kappa shape index (κ1) is 17.7. The van der Waals surface area contributed by atoms with Crippen molar-refractivity contribution in [1.82, 2.24) is 25.2 Å². The van der Waals surface area contributed by atoms with Crippen molar-refractivity contribution in [3.63, 3.8) is 0 Å². The van der Waals surface area contributed by atoms with E-state index in [4.69, 9.17) is 0 Å². The lowest BCUT2D eigenvalue weighted by molar-refractivity contribution is -0.132. The highest BCUT2D eigenvalue weighted by molar-refractivity contribution is 5.77. The molecule has 1 atom stereocenters. The fraction of sp³-hybridized carbons (Fsp3) is 0.381. The number of piperazine rings is 1. The smallest absolute Gasteiger partial charge is 0.223 e. The third-order valence-electron chi connectivity index (χ3n) is 5.20. The SMILES string of the molecule is CCc1ccc(C2CN(C(=O)CCc3nc4ncccc4[nH]3)CCN2)cc1. The van der Waals surface area contributed by atoms with Gasteiger partial charge in [0.25, 0.3) is 0 Å². The second kappa shape index (κ2) is 7.88. The Bertz CT molecular complexity index is 885. The first-order valence-electron chi connectivity index (χ1n) is 9.62. The second-order valence-electron chi connectivity index (χ2n) is 7.00. The van der Waals surface area contributed by atoms with Gasteiger partial charge in [0.2, 0.25) is 5.91 Å². The summed E-state index contributed by atoms with van der Waals surface area (Å²) in [7, 11) is 0. The Hall–Kier alpha value is -2.73. The van der Waals surface area contributed by atoms with Gasteiger partial charge in [-0.15, -0.1) is 0 Å². The number of aryl methyl sites for hydroxylation is 2. The van der Waals surface area contributed by atoms with Gasteiger partial charge < -0.3 is 15.2 Å². The lowest BCUT2D eigenvalue weighted by Gasteiger charge is -2.34. The molecule has 1 amide bonds. The van der Waals surface area contributed by atoms with E-state index in [-0.39, 0.29) is 11.9 Å². The maximum absolute atomic E-state index is 12.7. The Kier molecular flexibility index (Phi) is 5.16. The molecule has 27 heavy (non-hydrogen) atoms. The number of hydrogen-bond donors (Lipinski definition) is 2. The van der Waals surface area contributed by atoms with E-state index in [2.05, 4.69) is 51.5 Å². The van der Waals surface area contributed by atoms with Gasteiger partial charge in [-0.25, -0.2) is 9.97 Å². The normalized spacial score (nSPS) is 17.4. The molecule has 1 saturated heterocycles. The van der Waals surface area contributed by atoms with Crippen LogP contribution in [0.5, 0.6) is 0 Å². The van der Waals surface area contributed by atoms with Gasteiger partial charge in [-0.05, 0) is 29.7 Å². The third-order valence-corrected chi connectivity index (χ3v) is 5.20. The zero-order valence-corrected chi connectivity index (χ0v) is 15.6. The fourth-order valence-corrected chi connectivity index (χ4v) is 3.58. The number of hydrogen-bond acceptors (Lipinski definition) is 4. The van der Waals surface area contributed by atoms with Crippen molar-refractivity contribution in [3.8, 4) is 0 Å². The van der Waals surface area contributed by atoms with Crippen LogP contribution in [-0.4, -0.2) is 45.4 Å². The van der Waals surface area contributed by atoms with Gasteiger partial charge >= 0.3 is 0 Å². The molecular formula is C21H25N5O. The predicted molar refractivity (Wildman–Crippen MR) is 105 cm³/mol. The van der Waals surface area contributed by atoms with E-state index in [9.17, 15) is 4.79 Å². The number of carbonyl (C=O) groups is 1. The summed E-state index contributed by atoms with van der Waals surface area (Å²) in [4.78, 5) is 26.6. The van der Waals surface area contributed by atoms with Gasteiger partial charge in [-0.2, -0.15) is 0 Å². The molecule has 0 spiro atoms. The summed E-state index contributed by atoms with van der Waals surface area (Å²) in [5.74, 6) is 0.999. The summed E-state index contributed by atoms with van der Waals surface area (Å²) in [5.41, 5.74) is 4.20. The molecule has 1 aliphatic heterocycles. The van der Waals surface area contributed by atoms with E-state index < -0.39 is 0 Å². The lowest BCUT2D eigenvalue weighted by Crippen LogP contribution is -2.48. The number of rotatable bonds is 5. The summed E-state index contributed by atoms with van der Waals surface area (Å²) in [5, 5.41) is 3.53. The Morgan fingerprint density at radius 2 is 2.11 bits per heavy atom. The van der Waals surface area contributed by atoms with Gasteiger partial charge in [-0.1, -0.05) is 31.2 Å². The highest BCUT2D eigenvalue weighted by atomic mass is 16.2. The molecular weight excluding hydrogens is 338 g/mol. The maximum Gasteiger partial charge on any atom is 0.223 e. The Morgan fingerprint density at radius 1 is 1.26 bits per heavy atom. The van der Waals surface area contributed by atoms with Gasteiger partial charge in [0, 0.05) is 44.7 Å². The maximum atomic E-state index is 12.7. The molecule has 140 valence electrons. The van der Waals surface area contributed by atoms with E-state index >= 15 is 0 Å². The minimum Gasteiger partial charge on any atom is -0.341 e. The van der Waals surface area contributed by atoms with Gasteiger partial charge in [0.05, 0.1) is 5.52 Å². The molecule has 1 aliphatic rings. The van der Waals surface area contributed by atoms with E-state index in [1.165, 1.54) is 11.1 Å². The largest absolute Gasteiger partial charge is 0.341 e. The molecule has 0 bridgehead atoms. The van der Waals surface area contributed by atoms with Crippen LogP contribution in [0.4, 0.5) is 0 Å². The summed E-state index contributed by atoms with van der Waals surface area (Å²) >= 11 is 0. The molecule has 4 rings (SSSR count). The van der Waals surface area contributed by atoms with Gasteiger partial charge in [-0.3, -0.25) is 4.79 Å². The molecule has 1 unspecified atom stereocenters. The van der Waals surface area contributed by atoms with Crippen LogP contribution in [0.15, 0.2) is 42.6 Å². The van der Waals surface area contributed by atoms with E-state index in [1.54, 1.807) is 6.20 Å². The average molecular weight is 363 g/mol. The van der Waals surface area contributed by atoms with Gasteiger partial charge in [0.1, 0.15) is 5.82 Å². The third kappa shape index (κ3) is 4.01. The van der Waals surface area contributed by atoms with Crippen LogP contribution < -0.4 is 5.32 Å². The molecule has 3 aromatic rings. The van der Waals surface area contributed by atoms with Crippen molar-refractivity contribution < 1.29 is 4.79 Å². The highest BCUT2D eigenvalue weighted by Gasteiger charge is 2.24. The minimum absolute atomic E-state index is 0.181. The predicted octanol–water partition coefficient (Wildman–Crippen LogP) is 2.63. The number of nitrogens with one attached hydrogen (secondary N) is 2. The van der Waals surface area contributed by atoms with Crippen LogP contribution >= 0.6 is 0 Å². The number of aromatic amines is 1. The van der Waals surface area contributed by atoms with E-state index in [0.717, 1.165) is 30.9 Å². The number of fused-ring (bicyclic) bond motifs is 1. The van der Waals surface area contributed by atoms with Crippen LogP contribution in [0, 0.1) is 0 Å². The summed E-state index contributed by atoms with van der Waals surface area (Å²) < 4.78 is 0. The van der Waals surface area contributed by atoms with Crippen LogP contribution in [0.2, 0.25) is 0 Å². The molecule has 6 nitrogen and oxygen atoms in total. The number of benzene rings is 1. The second-order valence-corrected chi connectivity index (χ2v) is 7.00. The number of aromatic nitrogens is 3. The van der Waals surface area contributed by atoms with Crippen LogP contribution in [0.25, 0.3) is 11.2 Å². The molecule has 1 aromatic carbocycles. The van der Waals surface area contributed by atoms with Crippen molar-refractivity contribution in [2.24, 2.45) is 0 Å². The highest BCUT2D eigenvalue weighted by Crippen LogP contribution is 2.19. The number of pyridine rings is 1. The van der Waals surface area contributed by atoms with Crippen LogP contribution in [0.3, 0.4) is 0 Å². The first-order chi connectivity index (χ1) is 13.2. The van der Waals surface area contributed by atoms with Crippen LogP contribution in [0.1, 0.15) is 36.3 Å². The number of amides is 1. The van der Waals surface area contributed by atoms with Crippen molar-refractivity contribution in [3.05, 3.63) is 59.5 Å². The van der Waals surface area contributed by atoms with Crippen molar-refractivity contribution in [2.75, 3.05) is 19.6 Å². The summed E-state index contributed by atoms with van der Waals surface area (Å²) in [6.07, 6.45) is 3.84.